The van der Waals surface area contributed by atoms with Gasteiger partial charge in [-0.05, 0) is 31.1 Å². The lowest BCUT2D eigenvalue weighted by atomic mass is 9.73. The maximum atomic E-state index is 12.7. The number of halogens is 1. The number of carbonyl (C=O) groups is 2. The average Bonchev–Trinajstić information content (AvgIpc) is 2.47. The fourth-order valence-electron chi connectivity index (χ4n) is 3.23. The fraction of sp³-hybridized carbons (Fsp3) is 0.857. The molecule has 1 saturated heterocycles. The zero-order valence-corrected chi connectivity index (χ0v) is 13.9. The van der Waals surface area contributed by atoms with Crippen LogP contribution in [0.1, 0.15) is 32.6 Å². The Morgan fingerprint density at radius 2 is 2.05 bits per heavy atom. The van der Waals surface area contributed by atoms with Gasteiger partial charge in [-0.1, -0.05) is 6.92 Å². The number of likely N-dealkylation sites (N-methyl/N-ethyl adjacent to an activating group) is 1. The Morgan fingerprint density at radius 1 is 1.45 bits per heavy atom. The smallest absolute Gasteiger partial charge is 0.264 e. The first-order valence-corrected chi connectivity index (χ1v) is 8.16. The normalized spacial score (nSPS) is 30.3. The van der Waals surface area contributed by atoms with Crippen molar-refractivity contribution < 1.29 is 18.2 Å². The van der Waals surface area contributed by atoms with Crippen LogP contribution in [0.25, 0.3) is 0 Å². The number of nitrogens with zero attached hydrogens (tertiary/aromatic N) is 2. The zero-order chi connectivity index (χ0) is 16.4. The number of nitrogens with two attached hydrogens (primary N) is 1. The minimum Gasteiger partial charge on any atom is -0.375 e. The first-order chi connectivity index (χ1) is 10.4. The van der Waals surface area contributed by atoms with E-state index >= 15 is 0 Å². The summed E-state index contributed by atoms with van der Waals surface area (Å²) in [5, 5.41) is 0. The molecule has 6 nitrogen and oxygen atoms in total. The Bertz CT molecular complexity index is 426. The van der Waals surface area contributed by atoms with Crippen LogP contribution in [0, 0.1) is 5.41 Å². The molecule has 1 saturated carbocycles. The van der Waals surface area contributed by atoms with Crippen LogP contribution in [0.2, 0.25) is 0 Å². The number of hydrogen-bond acceptors (Lipinski definition) is 5. The Hall–Kier alpha value is -0.860. The van der Waals surface area contributed by atoms with Gasteiger partial charge in [-0.3, -0.25) is 13.9 Å². The molecule has 0 aromatic rings. The van der Waals surface area contributed by atoms with Crippen LogP contribution in [0.5, 0.6) is 0 Å². The van der Waals surface area contributed by atoms with Gasteiger partial charge in [-0.25, -0.2) is 0 Å². The van der Waals surface area contributed by atoms with Gasteiger partial charge in [0.1, 0.15) is 0 Å². The molecule has 8 heteroatoms. The Kier molecular flexibility index (Phi) is 5.34. The standard InChI is InChI=1S/C14H24FN3O3S/c1-13(5-3-11(16)4-6-13)7-18(10-19)14(8-21-9-14)12(20)17(2)22-15/h10-11H,3-9,16H2,1-2H3. The summed E-state index contributed by atoms with van der Waals surface area (Å²) in [6.45, 7) is 2.81. The number of amides is 2. The molecule has 1 aliphatic carbocycles. The summed E-state index contributed by atoms with van der Waals surface area (Å²) in [5.41, 5.74) is 4.80. The van der Waals surface area contributed by atoms with Gasteiger partial charge in [0.05, 0.1) is 13.2 Å². The number of ether oxygens (including phenoxy) is 1. The molecule has 2 fully saturated rings. The van der Waals surface area contributed by atoms with Crippen LogP contribution in [0.3, 0.4) is 0 Å². The molecular weight excluding hydrogens is 309 g/mol. The predicted octanol–water partition coefficient (Wildman–Crippen LogP) is 1.11. The molecule has 0 bridgehead atoms. The van der Waals surface area contributed by atoms with Crippen molar-refractivity contribution in [3.8, 4) is 0 Å². The van der Waals surface area contributed by atoms with E-state index in [4.69, 9.17) is 10.5 Å². The van der Waals surface area contributed by atoms with E-state index in [2.05, 4.69) is 6.92 Å². The summed E-state index contributed by atoms with van der Waals surface area (Å²) in [5.74, 6) is -0.436. The summed E-state index contributed by atoms with van der Waals surface area (Å²) < 4.78 is 18.8. The molecule has 2 N–H and O–H groups in total. The molecular formula is C14H24FN3O3S. The molecule has 0 spiro atoms. The van der Waals surface area contributed by atoms with Gasteiger partial charge in [0, 0.05) is 19.6 Å². The maximum absolute atomic E-state index is 12.7. The van der Waals surface area contributed by atoms with Crippen molar-refractivity contribution in [2.45, 2.75) is 44.2 Å². The van der Waals surface area contributed by atoms with E-state index < -0.39 is 11.4 Å². The van der Waals surface area contributed by atoms with E-state index in [-0.39, 0.29) is 37.0 Å². The third-order valence-electron chi connectivity index (χ3n) is 4.94. The number of rotatable bonds is 6. The predicted molar refractivity (Wildman–Crippen MR) is 82.3 cm³/mol. The van der Waals surface area contributed by atoms with Crippen molar-refractivity contribution in [1.82, 2.24) is 9.21 Å². The quantitative estimate of drug-likeness (QED) is 0.582. The largest absolute Gasteiger partial charge is 0.375 e. The van der Waals surface area contributed by atoms with Gasteiger partial charge in [0.15, 0.2) is 17.9 Å². The molecule has 0 aromatic heterocycles. The SMILES string of the molecule is CN(SF)C(=O)C1(N(C=O)CC2(C)CCC(N)CC2)COC1. The third kappa shape index (κ3) is 3.23. The van der Waals surface area contributed by atoms with Gasteiger partial charge in [-0.15, -0.1) is 3.89 Å². The summed E-state index contributed by atoms with van der Waals surface area (Å²) in [6, 6.07) is 0.217. The van der Waals surface area contributed by atoms with Crippen LogP contribution in [-0.2, 0) is 14.3 Å². The van der Waals surface area contributed by atoms with Crippen molar-refractivity contribution >= 4 is 24.7 Å². The Balaban J connectivity index is 2.12. The van der Waals surface area contributed by atoms with E-state index in [9.17, 15) is 13.5 Å². The molecule has 1 aliphatic heterocycles. The highest BCUT2D eigenvalue weighted by molar-refractivity contribution is 7.92. The lowest BCUT2D eigenvalue weighted by Gasteiger charge is -2.50. The highest BCUT2D eigenvalue weighted by atomic mass is 32.2. The second-order valence-electron chi connectivity index (χ2n) is 6.78. The summed E-state index contributed by atoms with van der Waals surface area (Å²) >= 11 is -0.149. The summed E-state index contributed by atoms with van der Waals surface area (Å²) in [4.78, 5) is 25.6. The fourth-order valence-corrected chi connectivity index (χ4v) is 3.46. The van der Waals surface area contributed by atoms with Crippen LogP contribution in [0.4, 0.5) is 3.89 Å². The van der Waals surface area contributed by atoms with Crippen LogP contribution < -0.4 is 5.73 Å². The molecule has 0 atom stereocenters. The summed E-state index contributed by atoms with van der Waals surface area (Å²) in [7, 11) is 1.36. The minimum absolute atomic E-state index is 0.0684. The number of hydrogen-bond donors (Lipinski definition) is 1. The van der Waals surface area contributed by atoms with Crippen molar-refractivity contribution in [3.63, 3.8) is 0 Å². The third-order valence-corrected chi connectivity index (χ3v) is 5.31. The van der Waals surface area contributed by atoms with E-state index in [0.717, 1.165) is 30.0 Å². The van der Waals surface area contributed by atoms with E-state index in [1.54, 1.807) is 0 Å². The van der Waals surface area contributed by atoms with Gasteiger partial charge in [0.2, 0.25) is 6.41 Å². The second-order valence-corrected chi connectivity index (χ2v) is 7.46. The maximum Gasteiger partial charge on any atom is 0.264 e. The lowest BCUT2D eigenvalue weighted by Crippen LogP contribution is -2.70. The van der Waals surface area contributed by atoms with Crippen molar-refractivity contribution in [1.29, 1.82) is 0 Å². The van der Waals surface area contributed by atoms with E-state index in [0.29, 0.717) is 13.0 Å². The molecule has 2 amide bonds. The molecule has 0 unspecified atom stereocenters. The Morgan fingerprint density at radius 3 is 2.45 bits per heavy atom. The first kappa shape index (κ1) is 17.5. The van der Waals surface area contributed by atoms with E-state index in [1.165, 1.54) is 11.9 Å². The van der Waals surface area contributed by atoms with Gasteiger partial charge < -0.3 is 15.4 Å². The minimum atomic E-state index is -1.07. The summed E-state index contributed by atoms with van der Waals surface area (Å²) in [6.07, 6.45) is 4.35. The van der Waals surface area contributed by atoms with Gasteiger partial charge in [-0.2, -0.15) is 0 Å². The Labute approximate surface area is 134 Å². The van der Waals surface area contributed by atoms with Gasteiger partial charge >= 0.3 is 0 Å². The van der Waals surface area contributed by atoms with Crippen LogP contribution >= 0.6 is 12.3 Å². The lowest BCUT2D eigenvalue weighted by molar-refractivity contribution is -0.181. The number of carbonyl (C=O) groups excluding carboxylic acids is 2. The monoisotopic (exact) mass is 333 g/mol. The molecule has 0 aromatic carbocycles. The van der Waals surface area contributed by atoms with Crippen molar-refractivity contribution in [2.24, 2.45) is 11.1 Å². The molecule has 2 aliphatic rings. The van der Waals surface area contributed by atoms with Crippen LogP contribution in [0.15, 0.2) is 0 Å². The average molecular weight is 333 g/mol. The second kappa shape index (κ2) is 6.72. The first-order valence-electron chi connectivity index (χ1n) is 7.49. The van der Waals surface area contributed by atoms with Gasteiger partial charge in [0.25, 0.3) is 5.91 Å². The van der Waals surface area contributed by atoms with Crippen molar-refractivity contribution in [2.75, 3.05) is 26.8 Å². The van der Waals surface area contributed by atoms with Crippen molar-refractivity contribution in [3.05, 3.63) is 0 Å². The molecule has 1 heterocycles. The zero-order valence-electron chi connectivity index (χ0n) is 13.1. The molecule has 126 valence electrons. The molecule has 2 rings (SSSR count). The topological polar surface area (TPSA) is 75.9 Å². The highest BCUT2D eigenvalue weighted by Gasteiger charge is 2.53. The van der Waals surface area contributed by atoms with Crippen LogP contribution in [-0.4, -0.2) is 59.9 Å². The molecule has 0 radical (unpaired) electrons. The highest BCUT2D eigenvalue weighted by Crippen LogP contribution is 2.39. The molecule has 22 heavy (non-hydrogen) atoms. The van der Waals surface area contributed by atoms with E-state index in [1.807, 2.05) is 0 Å².